The Balaban J connectivity index is 2.07. The zero-order valence-electron chi connectivity index (χ0n) is 16.0. The fourth-order valence-electron chi connectivity index (χ4n) is 4.74. The monoisotopic (exact) mass is 351 g/mol. The Morgan fingerprint density at radius 3 is 2.69 bits per heavy atom. The van der Waals surface area contributed by atoms with Gasteiger partial charge in [0, 0.05) is 29.3 Å². The van der Waals surface area contributed by atoms with Crippen LogP contribution in [0.15, 0.2) is 48.5 Å². The molecular formula is C23H29NO2. The molecule has 1 aliphatic heterocycles. The Kier molecular flexibility index (Phi) is 5.36. The molecular weight excluding hydrogens is 322 g/mol. The van der Waals surface area contributed by atoms with Gasteiger partial charge in [0.2, 0.25) is 0 Å². The fraction of sp³-hybridized carbons (Fsp3) is 0.435. The summed E-state index contributed by atoms with van der Waals surface area (Å²) in [6, 6.07) is 15.9. The van der Waals surface area contributed by atoms with E-state index in [0.29, 0.717) is 5.75 Å². The second-order valence-electron chi connectivity index (χ2n) is 7.50. The number of hydrogen-bond donors (Lipinski definition) is 1. The number of Topliss-reactive ketones (excluding diaryl/α,β-unsaturated/α-hetero) is 1. The average Bonchev–Trinajstić information content (AvgIpc) is 2.63. The Morgan fingerprint density at radius 1 is 1.23 bits per heavy atom. The number of hydrogen-bond acceptors (Lipinski definition) is 3. The number of anilines is 1. The quantitative estimate of drug-likeness (QED) is 0.741. The first-order chi connectivity index (χ1) is 12.5. The van der Waals surface area contributed by atoms with Crippen LogP contribution in [0.3, 0.4) is 0 Å². The summed E-state index contributed by atoms with van der Waals surface area (Å²) in [7, 11) is 0. The maximum atomic E-state index is 12.2. The molecule has 138 valence electrons. The van der Waals surface area contributed by atoms with E-state index in [1.54, 1.807) is 13.0 Å². The van der Waals surface area contributed by atoms with Crippen molar-refractivity contribution in [2.75, 3.05) is 11.4 Å². The van der Waals surface area contributed by atoms with Crippen LogP contribution in [0, 0.1) is 0 Å². The zero-order valence-corrected chi connectivity index (χ0v) is 16.0. The van der Waals surface area contributed by atoms with Gasteiger partial charge in [0.1, 0.15) is 5.75 Å². The van der Waals surface area contributed by atoms with E-state index in [1.165, 1.54) is 5.56 Å². The van der Waals surface area contributed by atoms with Crippen LogP contribution in [0.4, 0.5) is 5.69 Å². The highest BCUT2D eigenvalue weighted by molar-refractivity contribution is 5.99. The standard InChI is InChI=1S/C23H29NO2/c1-4-13-23(19-9-7-10-20(26)16-19)14-8-15-24(18(23)3)22-12-6-5-11-21(22)17(2)25/h5-7,9-12,16,18,26H,4,8,13-15H2,1-3H3. The van der Waals surface area contributed by atoms with Crippen molar-refractivity contribution < 1.29 is 9.90 Å². The van der Waals surface area contributed by atoms with Crippen molar-refractivity contribution in [3.8, 4) is 5.75 Å². The van der Waals surface area contributed by atoms with Gasteiger partial charge < -0.3 is 10.0 Å². The molecule has 26 heavy (non-hydrogen) atoms. The molecule has 0 aromatic heterocycles. The van der Waals surface area contributed by atoms with Gasteiger partial charge in [-0.1, -0.05) is 37.6 Å². The van der Waals surface area contributed by atoms with E-state index in [-0.39, 0.29) is 17.2 Å². The zero-order chi connectivity index (χ0) is 18.7. The summed E-state index contributed by atoms with van der Waals surface area (Å²) in [4.78, 5) is 14.6. The highest BCUT2D eigenvalue weighted by atomic mass is 16.3. The number of rotatable bonds is 5. The summed E-state index contributed by atoms with van der Waals surface area (Å²) in [6.07, 6.45) is 4.33. The third kappa shape index (κ3) is 3.23. The van der Waals surface area contributed by atoms with Crippen LogP contribution >= 0.6 is 0 Å². The number of carbonyl (C=O) groups is 1. The largest absolute Gasteiger partial charge is 0.508 e. The summed E-state index contributed by atoms with van der Waals surface area (Å²) in [6.45, 7) is 7.09. The first-order valence-corrected chi connectivity index (χ1v) is 9.65. The van der Waals surface area contributed by atoms with E-state index >= 15 is 0 Å². The van der Waals surface area contributed by atoms with Crippen LogP contribution in [0.2, 0.25) is 0 Å². The van der Waals surface area contributed by atoms with Crippen molar-refractivity contribution in [3.05, 3.63) is 59.7 Å². The van der Waals surface area contributed by atoms with E-state index in [4.69, 9.17) is 0 Å². The lowest BCUT2D eigenvalue weighted by Gasteiger charge is -2.50. The fourth-order valence-corrected chi connectivity index (χ4v) is 4.74. The van der Waals surface area contributed by atoms with Crippen LogP contribution in [0.5, 0.6) is 5.75 Å². The van der Waals surface area contributed by atoms with Crippen LogP contribution in [0.1, 0.15) is 62.4 Å². The van der Waals surface area contributed by atoms with E-state index in [1.807, 2.05) is 30.3 Å². The first-order valence-electron chi connectivity index (χ1n) is 9.65. The van der Waals surface area contributed by atoms with E-state index in [0.717, 1.165) is 43.5 Å². The second-order valence-corrected chi connectivity index (χ2v) is 7.50. The van der Waals surface area contributed by atoms with Gasteiger partial charge in [-0.25, -0.2) is 0 Å². The number of phenols is 1. The van der Waals surface area contributed by atoms with Crippen molar-refractivity contribution in [2.24, 2.45) is 0 Å². The number of nitrogens with zero attached hydrogens (tertiary/aromatic N) is 1. The Morgan fingerprint density at radius 2 is 2.00 bits per heavy atom. The molecule has 0 saturated carbocycles. The maximum Gasteiger partial charge on any atom is 0.161 e. The molecule has 1 aliphatic rings. The van der Waals surface area contributed by atoms with Gasteiger partial charge in [-0.2, -0.15) is 0 Å². The Hall–Kier alpha value is -2.29. The molecule has 1 fully saturated rings. The van der Waals surface area contributed by atoms with Crippen molar-refractivity contribution in [1.82, 2.24) is 0 Å². The Bertz CT molecular complexity index is 781. The highest BCUT2D eigenvalue weighted by Crippen LogP contribution is 2.45. The summed E-state index contributed by atoms with van der Waals surface area (Å²) in [5, 5.41) is 10.1. The number of piperidine rings is 1. The van der Waals surface area contributed by atoms with E-state index < -0.39 is 0 Å². The summed E-state index contributed by atoms with van der Waals surface area (Å²) >= 11 is 0. The van der Waals surface area contributed by atoms with Crippen molar-refractivity contribution >= 4 is 11.5 Å². The van der Waals surface area contributed by atoms with Crippen LogP contribution in [0.25, 0.3) is 0 Å². The molecule has 2 atom stereocenters. The lowest BCUT2D eigenvalue weighted by molar-refractivity contribution is 0.101. The molecule has 1 saturated heterocycles. The smallest absolute Gasteiger partial charge is 0.161 e. The van der Waals surface area contributed by atoms with Gasteiger partial charge in [-0.05, 0) is 62.9 Å². The van der Waals surface area contributed by atoms with Gasteiger partial charge in [0.25, 0.3) is 0 Å². The maximum absolute atomic E-state index is 12.2. The van der Waals surface area contributed by atoms with E-state index in [9.17, 15) is 9.90 Å². The molecule has 1 N–H and O–H groups in total. The molecule has 3 heteroatoms. The SMILES string of the molecule is CCCC1(c2cccc(O)c2)CCCN(c2ccccc2C(C)=O)C1C. The minimum Gasteiger partial charge on any atom is -0.508 e. The predicted molar refractivity (Wildman–Crippen MR) is 107 cm³/mol. The number of benzene rings is 2. The van der Waals surface area contributed by atoms with Gasteiger partial charge >= 0.3 is 0 Å². The number of aromatic hydroxyl groups is 1. The molecule has 2 aromatic carbocycles. The molecule has 0 bridgehead atoms. The highest BCUT2D eigenvalue weighted by Gasteiger charge is 2.43. The number of para-hydroxylation sites is 1. The molecule has 3 nitrogen and oxygen atoms in total. The molecule has 0 radical (unpaired) electrons. The van der Waals surface area contributed by atoms with Gasteiger partial charge in [0.05, 0.1) is 0 Å². The van der Waals surface area contributed by atoms with Crippen molar-refractivity contribution in [1.29, 1.82) is 0 Å². The van der Waals surface area contributed by atoms with Crippen molar-refractivity contribution in [3.63, 3.8) is 0 Å². The molecule has 0 amide bonds. The molecule has 2 unspecified atom stereocenters. The summed E-state index contributed by atoms with van der Waals surface area (Å²) < 4.78 is 0. The lowest BCUT2D eigenvalue weighted by atomic mass is 9.66. The topological polar surface area (TPSA) is 40.5 Å². The molecule has 1 heterocycles. The minimum atomic E-state index is -0.0182. The summed E-state index contributed by atoms with van der Waals surface area (Å²) in [5.41, 5.74) is 3.02. The molecule has 0 spiro atoms. The number of ketones is 1. The van der Waals surface area contributed by atoms with Gasteiger partial charge in [-0.15, -0.1) is 0 Å². The summed E-state index contributed by atoms with van der Waals surface area (Å²) in [5.74, 6) is 0.434. The van der Waals surface area contributed by atoms with Gasteiger partial charge in [-0.3, -0.25) is 4.79 Å². The number of phenolic OH excluding ortho intramolecular Hbond substituents is 1. The van der Waals surface area contributed by atoms with Gasteiger partial charge in [0.15, 0.2) is 5.78 Å². The predicted octanol–water partition coefficient (Wildman–Crippen LogP) is 5.32. The van der Waals surface area contributed by atoms with Crippen LogP contribution in [-0.4, -0.2) is 23.5 Å². The Labute approximate surface area is 156 Å². The second kappa shape index (κ2) is 7.53. The number of carbonyl (C=O) groups excluding carboxylic acids is 1. The lowest BCUT2D eigenvalue weighted by Crippen LogP contribution is -2.54. The molecule has 3 rings (SSSR count). The normalized spacial score (nSPS) is 23.0. The van der Waals surface area contributed by atoms with E-state index in [2.05, 4.69) is 30.9 Å². The molecule has 0 aliphatic carbocycles. The minimum absolute atomic E-state index is 0.0182. The van der Waals surface area contributed by atoms with Crippen molar-refractivity contribution in [2.45, 2.75) is 57.9 Å². The molecule has 2 aromatic rings. The first kappa shape index (κ1) is 18.5. The third-order valence-electron chi connectivity index (χ3n) is 6.00. The van der Waals surface area contributed by atoms with Crippen LogP contribution < -0.4 is 4.90 Å². The van der Waals surface area contributed by atoms with Crippen LogP contribution in [-0.2, 0) is 5.41 Å². The third-order valence-corrected chi connectivity index (χ3v) is 6.00. The average molecular weight is 351 g/mol.